The van der Waals surface area contributed by atoms with E-state index in [1.165, 1.54) is 12.4 Å². The maximum Gasteiger partial charge on any atom is 0.244 e. The Kier molecular flexibility index (Phi) is 5.71. The highest BCUT2D eigenvalue weighted by Gasteiger charge is 2.19. The van der Waals surface area contributed by atoms with Crippen LogP contribution in [0.3, 0.4) is 0 Å². The molecule has 0 fully saturated rings. The zero-order valence-corrected chi connectivity index (χ0v) is 11.8. The highest BCUT2D eigenvalue weighted by Crippen LogP contribution is 2.18. The number of carbonyl (C=O) groups excluding carboxylic acids is 1. The number of hydrogen-bond acceptors (Lipinski definition) is 5. The quantitative estimate of drug-likeness (QED) is 0.651. The van der Waals surface area contributed by atoms with Gasteiger partial charge in [-0.25, -0.2) is 13.1 Å². The molecule has 8 heteroatoms. The SMILES string of the molecule is CCNC(=O)CNS(=O)(=O)c1cnccc1NCC. The highest BCUT2D eigenvalue weighted by molar-refractivity contribution is 7.89. The maximum atomic E-state index is 12.1. The molecule has 1 amide bonds. The molecule has 0 radical (unpaired) electrons. The van der Waals surface area contributed by atoms with Crippen molar-refractivity contribution in [2.24, 2.45) is 0 Å². The second kappa shape index (κ2) is 7.05. The third-order valence-corrected chi connectivity index (χ3v) is 3.67. The zero-order chi connectivity index (χ0) is 14.3. The van der Waals surface area contributed by atoms with E-state index in [9.17, 15) is 13.2 Å². The van der Waals surface area contributed by atoms with Gasteiger partial charge < -0.3 is 10.6 Å². The number of hydrogen-bond donors (Lipinski definition) is 3. The van der Waals surface area contributed by atoms with Gasteiger partial charge in [-0.05, 0) is 19.9 Å². The number of amides is 1. The number of carbonyl (C=O) groups is 1. The monoisotopic (exact) mass is 286 g/mol. The maximum absolute atomic E-state index is 12.1. The molecule has 0 aliphatic heterocycles. The summed E-state index contributed by atoms with van der Waals surface area (Å²) in [5.41, 5.74) is 0.459. The third kappa shape index (κ3) is 4.49. The summed E-state index contributed by atoms with van der Waals surface area (Å²) in [6, 6.07) is 1.57. The first-order valence-electron chi connectivity index (χ1n) is 5.95. The first-order valence-corrected chi connectivity index (χ1v) is 7.43. The number of likely N-dealkylation sites (N-methyl/N-ethyl adjacent to an activating group) is 1. The molecule has 1 rings (SSSR count). The Labute approximate surface area is 112 Å². The lowest BCUT2D eigenvalue weighted by Gasteiger charge is -2.11. The molecule has 0 bridgehead atoms. The predicted octanol–water partition coefficient (Wildman–Crippen LogP) is -0.0722. The fourth-order valence-electron chi connectivity index (χ4n) is 1.43. The molecule has 1 heterocycles. The molecule has 0 aliphatic rings. The lowest BCUT2D eigenvalue weighted by atomic mass is 10.4. The molecule has 0 saturated carbocycles. The van der Waals surface area contributed by atoms with Crippen molar-refractivity contribution in [2.45, 2.75) is 18.7 Å². The van der Waals surface area contributed by atoms with Gasteiger partial charge in [-0.2, -0.15) is 0 Å². The molecule has 3 N–H and O–H groups in total. The van der Waals surface area contributed by atoms with Gasteiger partial charge >= 0.3 is 0 Å². The normalized spacial score (nSPS) is 11.1. The van der Waals surface area contributed by atoms with Gasteiger partial charge in [0, 0.05) is 25.5 Å². The van der Waals surface area contributed by atoms with Crippen molar-refractivity contribution in [3.05, 3.63) is 18.5 Å². The molecule has 1 aromatic heterocycles. The van der Waals surface area contributed by atoms with Crippen LogP contribution in [0.5, 0.6) is 0 Å². The summed E-state index contributed by atoms with van der Waals surface area (Å²) < 4.78 is 26.4. The van der Waals surface area contributed by atoms with Crippen molar-refractivity contribution < 1.29 is 13.2 Å². The van der Waals surface area contributed by atoms with Gasteiger partial charge in [0.25, 0.3) is 0 Å². The fraction of sp³-hybridized carbons (Fsp3) is 0.455. The number of nitrogens with one attached hydrogen (secondary N) is 3. The van der Waals surface area contributed by atoms with E-state index in [1.807, 2.05) is 6.92 Å². The predicted molar refractivity (Wildman–Crippen MR) is 72.3 cm³/mol. The minimum absolute atomic E-state index is 0.0288. The van der Waals surface area contributed by atoms with Crippen molar-refractivity contribution in [1.29, 1.82) is 0 Å². The minimum Gasteiger partial charge on any atom is -0.384 e. The van der Waals surface area contributed by atoms with E-state index in [0.717, 1.165) is 0 Å². The van der Waals surface area contributed by atoms with Crippen LogP contribution in [-0.4, -0.2) is 38.9 Å². The van der Waals surface area contributed by atoms with Crippen LogP contribution in [0, 0.1) is 0 Å². The highest BCUT2D eigenvalue weighted by atomic mass is 32.2. The Balaban J connectivity index is 2.85. The first kappa shape index (κ1) is 15.4. The van der Waals surface area contributed by atoms with Gasteiger partial charge in [0.15, 0.2) is 0 Å². The molecular formula is C11H18N4O3S. The second-order valence-corrected chi connectivity index (χ2v) is 5.42. The average molecular weight is 286 g/mol. The second-order valence-electron chi connectivity index (χ2n) is 3.68. The summed E-state index contributed by atoms with van der Waals surface area (Å²) in [6.07, 6.45) is 2.75. The van der Waals surface area contributed by atoms with Crippen molar-refractivity contribution in [1.82, 2.24) is 15.0 Å². The molecule has 0 atom stereocenters. The lowest BCUT2D eigenvalue weighted by Crippen LogP contribution is -2.37. The number of nitrogens with zero attached hydrogens (tertiary/aromatic N) is 1. The van der Waals surface area contributed by atoms with Gasteiger partial charge in [-0.3, -0.25) is 9.78 Å². The average Bonchev–Trinajstić information content (AvgIpc) is 2.38. The number of rotatable bonds is 7. The minimum atomic E-state index is -3.76. The van der Waals surface area contributed by atoms with E-state index in [4.69, 9.17) is 0 Å². The molecule has 1 aromatic rings. The number of sulfonamides is 1. The molecule has 0 aliphatic carbocycles. The third-order valence-electron chi connectivity index (χ3n) is 2.24. The van der Waals surface area contributed by atoms with Gasteiger partial charge in [-0.15, -0.1) is 0 Å². The van der Waals surface area contributed by atoms with E-state index in [1.54, 1.807) is 13.0 Å². The van der Waals surface area contributed by atoms with E-state index in [0.29, 0.717) is 18.8 Å². The van der Waals surface area contributed by atoms with Crippen LogP contribution >= 0.6 is 0 Å². The molecule has 0 unspecified atom stereocenters. The van der Waals surface area contributed by atoms with Crippen LogP contribution in [0.15, 0.2) is 23.4 Å². The summed E-state index contributed by atoms with van der Waals surface area (Å²) >= 11 is 0. The van der Waals surface area contributed by atoms with Crippen LogP contribution in [0.4, 0.5) is 5.69 Å². The fourth-order valence-corrected chi connectivity index (χ4v) is 2.53. The molecular weight excluding hydrogens is 268 g/mol. The van der Waals surface area contributed by atoms with Crippen molar-refractivity contribution in [3.63, 3.8) is 0 Å². The van der Waals surface area contributed by atoms with E-state index < -0.39 is 10.0 Å². The Hall–Kier alpha value is -1.67. The smallest absolute Gasteiger partial charge is 0.244 e. The van der Waals surface area contributed by atoms with Crippen LogP contribution < -0.4 is 15.4 Å². The molecule has 0 aromatic carbocycles. The molecule has 106 valence electrons. The molecule has 7 nitrogen and oxygen atoms in total. The molecule has 19 heavy (non-hydrogen) atoms. The van der Waals surface area contributed by atoms with Crippen molar-refractivity contribution >= 4 is 21.6 Å². The van der Waals surface area contributed by atoms with Crippen LogP contribution in [0.1, 0.15) is 13.8 Å². The largest absolute Gasteiger partial charge is 0.384 e. The van der Waals surface area contributed by atoms with Crippen LogP contribution in [-0.2, 0) is 14.8 Å². The Morgan fingerprint density at radius 1 is 1.32 bits per heavy atom. The summed E-state index contributed by atoms with van der Waals surface area (Å²) in [7, 11) is -3.76. The van der Waals surface area contributed by atoms with Crippen LogP contribution in [0.2, 0.25) is 0 Å². The van der Waals surface area contributed by atoms with E-state index in [2.05, 4.69) is 20.3 Å². The van der Waals surface area contributed by atoms with Gasteiger partial charge in [0.1, 0.15) is 4.90 Å². The summed E-state index contributed by atoms with van der Waals surface area (Å²) in [6.45, 7) is 4.37. The number of aromatic nitrogens is 1. The van der Waals surface area contributed by atoms with Crippen LogP contribution in [0.25, 0.3) is 0 Å². The Morgan fingerprint density at radius 2 is 2.05 bits per heavy atom. The van der Waals surface area contributed by atoms with Crippen molar-refractivity contribution in [2.75, 3.05) is 25.0 Å². The van der Waals surface area contributed by atoms with Crippen molar-refractivity contribution in [3.8, 4) is 0 Å². The van der Waals surface area contributed by atoms with E-state index >= 15 is 0 Å². The van der Waals surface area contributed by atoms with Gasteiger partial charge in [-0.1, -0.05) is 0 Å². The van der Waals surface area contributed by atoms with Gasteiger partial charge in [0.2, 0.25) is 15.9 Å². The molecule has 0 saturated heterocycles. The number of pyridine rings is 1. The Bertz CT molecular complexity index is 530. The lowest BCUT2D eigenvalue weighted by molar-refractivity contribution is -0.119. The first-order chi connectivity index (χ1) is 9.01. The molecule has 0 spiro atoms. The summed E-state index contributed by atoms with van der Waals surface area (Å²) in [4.78, 5) is 15.1. The standard InChI is InChI=1S/C11H18N4O3S/c1-3-13-9-5-6-12-7-10(9)19(17,18)15-8-11(16)14-4-2/h5-7,15H,3-4,8H2,1-2H3,(H,12,13)(H,14,16). The Morgan fingerprint density at radius 3 is 2.68 bits per heavy atom. The number of anilines is 1. The topological polar surface area (TPSA) is 100 Å². The zero-order valence-electron chi connectivity index (χ0n) is 10.9. The van der Waals surface area contributed by atoms with E-state index in [-0.39, 0.29) is 17.3 Å². The summed E-state index contributed by atoms with van der Waals surface area (Å²) in [5, 5.41) is 5.45. The summed E-state index contributed by atoms with van der Waals surface area (Å²) in [5.74, 6) is -0.375. The van der Waals surface area contributed by atoms with Gasteiger partial charge in [0.05, 0.1) is 12.2 Å².